The summed E-state index contributed by atoms with van der Waals surface area (Å²) < 4.78 is 19.7. The monoisotopic (exact) mass is 499 g/mol. The van der Waals surface area contributed by atoms with Gasteiger partial charge in [0.2, 0.25) is 5.95 Å². The van der Waals surface area contributed by atoms with Crippen LogP contribution in [0.25, 0.3) is 22.0 Å². The lowest BCUT2D eigenvalue weighted by molar-refractivity contribution is -0.150. The lowest BCUT2D eigenvalue weighted by Gasteiger charge is -2.18. The van der Waals surface area contributed by atoms with Crippen LogP contribution in [0.2, 0.25) is 0 Å². The number of nitrogens with two attached hydrogens (primary N) is 2. The van der Waals surface area contributed by atoms with Crippen molar-refractivity contribution in [3.8, 4) is 11.1 Å². The third kappa shape index (κ3) is 4.85. The van der Waals surface area contributed by atoms with E-state index in [9.17, 15) is 14.0 Å². The van der Waals surface area contributed by atoms with Crippen LogP contribution in [0.5, 0.6) is 0 Å². The number of carbonyl (C=O) groups excluding carboxylic acids is 2. The second-order valence-electron chi connectivity index (χ2n) is 9.69. The molecular formula is C28H26FN5O3. The maximum atomic E-state index is 14.3. The Morgan fingerprint density at radius 3 is 2.41 bits per heavy atom. The molecule has 0 bridgehead atoms. The average Bonchev–Trinajstić information content (AvgIpc) is 3.30. The number of nitrogen functional groups attached to an aromatic ring is 1. The normalized spacial score (nSPS) is 13.0. The number of anilines is 1. The Kier molecular flexibility index (Phi) is 6.08. The minimum atomic E-state index is -1.16. The van der Waals surface area contributed by atoms with Gasteiger partial charge in [0.05, 0.1) is 5.52 Å². The maximum absolute atomic E-state index is 14.3. The summed E-state index contributed by atoms with van der Waals surface area (Å²) in [4.78, 5) is 36.0. The molecule has 2 heterocycles. The molecule has 5 rings (SSSR count). The van der Waals surface area contributed by atoms with Crippen molar-refractivity contribution in [1.82, 2.24) is 14.9 Å². The minimum Gasteiger partial charge on any atom is -0.459 e. The Morgan fingerprint density at radius 2 is 1.73 bits per heavy atom. The highest BCUT2D eigenvalue weighted by Gasteiger charge is 2.27. The predicted molar refractivity (Wildman–Crippen MR) is 137 cm³/mol. The molecule has 1 amide bonds. The zero-order valence-electron chi connectivity index (χ0n) is 20.5. The summed E-state index contributed by atoms with van der Waals surface area (Å²) in [5.74, 6) is -1.32. The largest absolute Gasteiger partial charge is 0.459 e. The van der Waals surface area contributed by atoms with Gasteiger partial charge in [0.25, 0.3) is 5.91 Å². The number of nitrogens with zero attached hydrogens (tertiary/aromatic N) is 3. The molecule has 1 aliphatic heterocycles. The van der Waals surface area contributed by atoms with Crippen LogP contribution in [-0.4, -0.2) is 32.3 Å². The number of hydrogen-bond donors (Lipinski definition) is 2. The van der Waals surface area contributed by atoms with Gasteiger partial charge in [-0.3, -0.25) is 9.59 Å². The molecule has 0 unspecified atom stereocenters. The van der Waals surface area contributed by atoms with Crippen molar-refractivity contribution in [2.75, 3.05) is 5.73 Å². The number of aromatic nitrogens is 2. The molecule has 4 aromatic rings. The van der Waals surface area contributed by atoms with Crippen LogP contribution >= 0.6 is 0 Å². The molecule has 0 aliphatic carbocycles. The molecule has 0 spiro atoms. The summed E-state index contributed by atoms with van der Waals surface area (Å²) in [5.41, 5.74) is 15.1. The van der Waals surface area contributed by atoms with Crippen LogP contribution in [0, 0.1) is 5.82 Å². The first-order chi connectivity index (χ1) is 17.6. The van der Waals surface area contributed by atoms with Crippen molar-refractivity contribution in [3.63, 3.8) is 0 Å². The Morgan fingerprint density at radius 1 is 1.03 bits per heavy atom. The summed E-state index contributed by atoms with van der Waals surface area (Å²) in [6.45, 7) is 3.94. The zero-order valence-corrected chi connectivity index (χ0v) is 20.5. The van der Waals surface area contributed by atoms with Crippen LogP contribution in [0.3, 0.4) is 0 Å². The molecule has 3 aromatic carbocycles. The number of carbonyl (C=O) groups is 2. The van der Waals surface area contributed by atoms with Crippen molar-refractivity contribution >= 4 is 28.7 Å². The number of rotatable bonds is 5. The summed E-state index contributed by atoms with van der Waals surface area (Å²) in [5, 5.41) is 0.489. The first kappa shape index (κ1) is 24.3. The molecule has 1 aromatic heterocycles. The standard InChI is InChI=1S/C28H26FN5O3/c1-28(2,31)26(36)37-15-19-7-9-20(29)12-21(19)16-8-10-23-22(11-16)24(33-27(30)32-23)25(35)34-13-17-5-3-4-6-18(17)14-34/h3-12H,13-15,31H2,1-2H3,(H2,30,32,33). The molecule has 188 valence electrons. The van der Waals surface area contributed by atoms with E-state index in [2.05, 4.69) is 9.97 Å². The quantitative estimate of drug-likeness (QED) is 0.398. The SMILES string of the molecule is CC(C)(N)C(=O)OCc1ccc(F)cc1-c1ccc2nc(N)nc(C(=O)N3Cc4ccccc4C3)c2c1. The molecule has 0 saturated heterocycles. The number of benzene rings is 3. The third-order valence-corrected chi connectivity index (χ3v) is 6.31. The molecule has 0 radical (unpaired) electrons. The molecule has 9 heteroatoms. The van der Waals surface area contributed by atoms with Crippen LogP contribution in [0.4, 0.5) is 10.3 Å². The molecule has 4 N–H and O–H groups in total. The first-order valence-electron chi connectivity index (χ1n) is 11.8. The van der Waals surface area contributed by atoms with E-state index in [1.807, 2.05) is 24.3 Å². The lowest BCUT2D eigenvalue weighted by Crippen LogP contribution is -2.42. The molecule has 0 atom stereocenters. The van der Waals surface area contributed by atoms with Crippen molar-refractivity contribution in [2.45, 2.75) is 39.1 Å². The maximum Gasteiger partial charge on any atom is 0.325 e. The van der Waals surface area contributed by atoms with Gasteiger partial charge < -0.3 is 21.1 Å². The van der Waals surface area contributed by atoms with Gasteiger partial charge in [-0.2, -0.15) is 0 Å². The van der Waals surface area contributed by atoms with Gasteiger partial charge in [-0.25, -0.2) is 14.4 Å². The summed E-state index contributed by atoms with van der Waals surface area (Å²) in [6, 6.07) is 17.3. The highest BCUT2D eigenvalue weighted by molar-refractivity contribution is 6.06. The fourth-order valence-electron chi connectivity index (χ4n) is 4.38. The van der Waals surface area contributed by atoms with Gasteiger partial charge in [0.1, 0.15) is 23.7 Å². The van der Waals surface area contributed by atoms with Crippen molar-refractivity contribution in [2.24, 2.45) is 5.73 Å². The number of fused-ring (bicyclic) bond motifs is 2. The Balaban J connectivity index is 1.53. The molecule has 8 nitrogen and oxygen atoms in total. The van der Waals surface area contributed by atoms with Gasteiger partial charge in [0, 0.05) is 18.5 Å². The highest BCUT2D eigenvalue weighted by Crippen LogP contribution is 2.31. The smallest absolute Gasteiger partial charge is 0.325 e. The predicted octanol–water partition coefficient (Wildman–Crippen LogP) is 3.95. The summed E-state index contributed by atoms with van der Waals surface area (Å²) in [6.07, 6.45) is 0. The molecule has 0 fully saturated rings. The van der Waals surface area contributed by atoms with Crippen LogP contribution in [0.15, 0.2) is 60.7 Å². The van der Waals surface area contributed by atoms with E-state index in [1.54, 1.807) is 43.0 Å². The van der Waals surface area contributed by atoms with Gasteiger partial charge in [-0.05, 0) is 65.9 Å². The zero-order chi connectivity index (χ0) is 26.3. The van der Waals surface area contributed by atoms with E-state index in [0.29, 0.717) is 40.7 Å². The Bertz CT molecular complexity index is 1520. The lowest BCUT2D eigenvalue weighted by atomic mass is 9.97. The first-order valence-corrected chi connectivity index (χ1v) is 11.8. The van der Waals surface area contributed by atoms with E-state index >= 15 is 0 Å². The molecular weight excluding hydrogens is 473 g/mol. The van der Waals surface area contributed by atoms with Gasteiger partial charge in [-0.15, -0.1) is 0 Å². The van der Waals surface area contributed by atoms with Crippen LogP contribution in [0.1, 0.15) is 41.0 Å². The van der Waals surface area contributed by atoms with E-state index in [-0.39, 0.29) is 24.2 Å². The summed E-state index contributed by atoms with van der Waals surface area (Å²) >= 11 is 0. The topological polar surface area (TPSA) is 124 Å². The molecule has 37 heavy (non-hydrogen) atoms. The molecule has 0 saturated carbocycles. The van der Waals surface area contributed by atoms with E-state index in [0.717, 1.165) is 11.1 Å². The highest BCUT2D eigenvalue weighted by atomic mass is 19.1. The van der Waals surface area contributed by atoms with Crippen molar-refractivity contribution in [3.05, 3.63) is 88.9 Å². The number of ether oxygens (including phenoxy) is 1. The van der Waals surface area contributed by atoms with E-state index < -0.39 is 17.3 Å². The van der Waals surface area contributed by atoms with Gasteiger partial charge >= 0.3 is 5.97 Å². The number of halogens is 1. The second-order valence-corrected chi connectivity index (χ2v) is 9.69. The Labute approximate surface area is 213 Å². The number of amides is 1. The van der Waals surface area contributed by atoms with Gasteiger partial charge in [0.15, 0.2) is 0 Å². The van der Waals surface area contributed by atoms with Crippen LogP contribution < -0.4 is 11.5 Å². The van der Waals surface area contributed by atoms with Crippen LogP contribution in [-0.2, 0) is 29.2 Å². The number of hydrogen-bond acceptors (Lipinski definition) is 7. The number of esters is 1. The molecule has 1 aliphatic rings. The van der Waals surface area contributed by atoms with Crippen molar-refractivity contribution < 1.29 is 18.7 Å². The average molecular weight is 500 g/mol. The second kappa shape index (κ2) is 9.25. The minimum absolute atomic E-state index is 0.0110. The van der Waals surface area contributed by atoms with E-state index in [1.165, 1.54) is 12.1 Å². The Hall–Kier alpha value is -4.37. The fourth-order valence-corrected chi connectivity index (χ4v) is 4.38. The van der Waals surface area contributed by atoms with E-state index in [4.69, 9.17) is 16.2 Å². The van der Waals surface area contributed by atoms with Crippen molar-refractivity contribution in [1.29, 1.82) is 0 Å². The van der Waals surface area contributed by atoms with Gasteiger partial charge in [-0.1, -0.05) is 36.4 Å². The third-order valence-electron chi connectivity index (χ3n) is 6.31. The fraction of sp³-hybridized carbons (Fsp3) is 0.214. The summed E-state index contributed by atoms with van der Waals surface area (Å²) in [7, 11) is 0.